The van der Waals surface area contributed by atoms with E-state index in [4.69, 9.17) is 4.74 Å². The van der Waals surface area contributed by atoms with E-state index in [0.29, 0.717) is 0 Å². The van der Waals surface area contributed by atoms with Crippen LogP contribution in [-0.4, -0.2) is 19.0 Å². The highest BCUT2D eigenvalue weighted by atomic mass is 16.5. The van der Waals surface area contributed by atoms with E-state index in [-0.39, 0.29) is 11.5 Å². The van der Waals surface area contributed by atoms with Gasteiger partial charge in [-0.2, -0.15) is 0 Å². The number of hydrogen-bond donors (Lipinski definition) is 0. The molecule has 1 atom stereocenters. The number of rotatable bonds is 8. The van der Waals surface area contributed by atoms with Crippen molar-refractivity contribution in [2.45, 2.75) is 59.0 Å². The van der Waals surface area contributed by atoms with E-state index < -0.39 is 0 Å². The summed E-state index contributed by atoms with van der Waals surface area (Å²) in [7, 11) is 1.76. The summed E-state index contributed by atoms with van der Waals surface area (Å²) in [5, 5.41) is 0. The molecular weight excluding hydrogens is 200 g/mol. The fourth-order valence-corrected chi connectivity index (χ4v) is 1.44. The van der Waals surface area contributed by atoms with Crippen molar-refractivity contribution in [2.24, 2.45) is 5.92 Å². The van der Waals surface area contributed by atoms with Gasteiger partial charge < -0.3 is 9.53 Å². The van der Waals surface area contributed by atoms with Gasteiger partial charge in [-0.25, -0.2) is 0 Å². The van der Waals surface area contributed by atoms with Crippen LogP contribution in [0, 0.1) is 5.92 Å². The molecule has 0 fully saturated rings. The minimum Gasteiger partial charge on any atom is -0.379 e. The molecule has 2 heteroatoms. The van der Waals surface area contributed by atoms with E-state index in [1.807, 2.05) is 6.92 Å². The summed E-state index contributed by atoms with van der Waals surface area (Å²) in [5.41, 5.74) is 1.36. The molecule has 0 rings (SSSR count). The molecule has 0 saturated carbocycles. The molecule has 0 aliphatic rings. The summed E-state index contributed by atoms with van der Waals surface area (Å²) in [5.74, 6) is 0.144. The number of carbonyl (C=O) groups excluding carboxylic acids is 1. The lowest BCUT2D eigenvalue weighted by Crippen LogP contribution is -2.21. The lowest BCUT2D eigenvalue weighted by Gasteiger charge is -2.22. The summed E-state index contributed by atoms with van der Waals surface area (Å²) in [6, 6.07) is 0. The second-order valence-electron chi connectivity index (χ2n) is 5.22. The summed E-state index contributed by atoms with van der Waals surface area (Å²) in [6.45, 7) is 8.31. The maximum absolute atomic E-state index is 10.5. The Morgan fingerprint density at radius 3 is 2.56 bits per heavy atom. The number of hydrogen-bond acceptors (Lipinski definition) is 2. The molecule has 0 amide bonds. The minimum absolute atomic E-state index is 0.0175. The number of methoxy groups -OCH3 is 1. The molecule has 0 N–H and O–H groups in total. The molecule has 16 heavy (non-hydrogen) atoms. The zero-order valence-electron chi connectivity index (χ0n) is 11.4. The van der Waals surface area contributed by atoms with Crippen molar-refractivity contribution in [3.8, 4) is 0 Å². The highest BCUT2D eigenvalue weighted by molar-refractivity contribution is 5.53. The number of ether oxygens (including phenoxy) is 1. The largest absolute Gasteiger partial charge is 0.379 e. The predicted octanol–water partition coefficient (Wildman–Crippen LogP) is 3.75. The van der Waals surface area contributed by atoms with Gasteiger partial charge in [-0.1, -0.05) is 18.6 Å². The Balaban J connectivity index is 3.80. The third-order valence-corrected chi connectivity index (χ3v) is 2.97. The van der Waals surface area contributed by atoms with E-state index in [0.717, 1.165) is 32.0 Å². The van der Waals surface area contributed by atoms with Crippen LogP contribution in [0.25, 0.3) is 0 Å². The van der Waals surface area contributed by atoms with Crippen LogP contribution in [-0.2, 0) is 9.53 Å². The first kappa shape index (κ1) is 15.4. The molecule has 1 unspecified atom stereocenters. The van der Waals surface area contributed by atoms with Gasteiger partial charge in [0.25, 0.3) is 0 Å². The second kappa shape index (κ2) is 7.61. The van der Waals surface area contributed by atoms with Crippen LogP contribution >= 0.6 is 0 Å². The molecule has 0 saturated heterocycles. The maximum Gasteiger partial charge on any atom is 0.123 e. The number of carbonyl (C=O) groups is 1. The van der Waals surface area contributed by atoms with Crippen molar-refractivity contribution < 1.29 is 9.53 Å². The predicted molar refractivity (Wildman–Crippen MR) is 68.5 cm³/mol. The van der Waals surface area contributed by atoms with E-state index in [9.17, 15) is 4.79 Å². The smallest absolute Gasteiger partial charge is 0.123 e. The van der Waals surface area contributed by atoms with Crippen molar-refractivity contribution in [1.29, 1.82) is 0 Å². The lowest BCUT2D eigenvalue weighted by molar-refractivity contribution is -0.110. The van der Waals surface area contributed by atoms with E-state index in [1.165, 1.54) is 5.57 Å². The minimum atomic E-state index is -0.0175. The van der Waals surface area contributed by atoms with Crippen LogP contribution in [0.3, 0.4) is 0 Å². The van der Waals surface area contributed by atoms with Gasteiger partial charge in [0.2, 0.25) is 0 Å². The summed E-state index contributed by atoms with van der Waals surface area (Å²) < 4.78 is 5.37. The molecule has 0 heterocycles. The monoisotopic (exact) mass is 226 g/mol. The van der Waals surface area contributed by atoms with Crippen molar-refractivity contribution in [3.63, 3.8) is 0 Å². The zero-order chi connectivity index (χ0) is 12.6. The second-order valence-corrected chi connectivity index (χ2v) is 5.22. The Bertz CT molecular complexity index is 229. The summed E-state index contributed by atoms with van der Waals surface area (Å²) in [6.07, 6.45) is 7.36. The third kappa shape index (κ3) is 7.63. The van der Waals surface area contributed by atoms with E-state index in [2.05, 4.69) is 26.8 Å². The Hall–Kier alpha value is -0.630. The standard InChI is InChI=1S/C14H26O2/c1-12(8-9-13(2)11-15)7-6-10-14(3,4)16-5/h8,11,13H,6-7,9-10H2,1-5H3. The Morgan fingerprint density at radius 2 is 2.06 bits per heavy atom. The normalized spacial score (nSPS) is 14.9. The Kier molecular flexibility index (Phi) is 7.31. The molecule has 2 nitrogen and oxygen atoms in total. The van der Waals surface area contributed by atoms with Crippen LogP contribution in [0.15, 0.2) is 11.6 Å². The maximum atomic E-state index is 10.5. The van der Waals surface area contributed by atoms with Gasteiger partial charge in [0.05, 0.1) is 5.60 Å². The zero-order valence-corrected chi connectivity index (χ0v) is 11.4. The summed E-state index contributed by atoms with van der Waals surface area (Å²) >= 11 is 0. The van der Waals surface area contributed by atoms with E-state index >= 15 is 0 Å². The summed E-state index contributed by atoms with van der Waals surface area (Å²) in [4.78, 5) is 10.5. The molecule has 0 aromatic heterocycles. The van der Waals surface area contributed by atoms with Gasteiger partial charge in [0.1, 0.15) is 6.29 Å². The van der Waals surface area contributed by atoms with E-state index in [1.54, 1.807) is 7.11 Å². The highest BCUT2D eigenvalue weighted by Crippen LogP contribution is 2.19. The molecule has 0 bridgehead atoms. The molecular formula is C14H26O2. The quantitative estimate of drug-likeness (QED) is 0.465. The topological polar surface area (TPSA) is 26.3 Å². The molecule has 0 aromatic carbocycles. The lowest BCUT2D eigenvalue weighted by atomic mass is 9.98. The van der Waals surface area contributed by atoms with Gasteiger partial charge in [-0.05, 0) is 46.5 Å². The molecule has 0 aliphatic heterocycles. The van der Waals surface area contributed by atoms with Gasteiger partial charge in [-0.3, -0.25) is 0 Å². The average molecular weight is 226 g/mol. The Labute approximate surface area is 100 Å². The number of allylic oxidation sites excluding steroid dienone is 2. The van der Waals surface area contributed by atoms with Crippen LogP contribution in [0.5, 0.6) is 0 Å². The van der Waals surface area contributed by atoms with Gasteiger partial charge in [0.15, 0.2) is 0 Å². The van der Waals surface area contributed by atoms with Crippen LogP contribution in [0.1, 0.15) is 53.4 Å². The van der Waals surface area contributed by atoms with Crippen LogP contribution < -0.4 is 0 Å². The first-order valence-electron chi connectivity index (χ1n) is 6.07. The van der Waals surface area contributed by atoms with Crippen LogP contribution in [0.4, 0.5) is 0 Å². The first-order valence-corrected chi connectivity index (χ1v) is 6.07. The average Bonchev–Trinajstić information content (AvgIpc) is 2.25. The first-order chi connectivity index (χ1) is 7.41. The molecule has 0 radical (unpaired) electrons. The number of aldehydes is 1. The molecule has 94 valence electrons. The Morgan fingerprint density at radius 1 is 1.44 bits per heavy atom. The highest BCUT2D eigenvalue weighted by Gasteiger charge is 2.14. The molecule has 0 aromatic rings. The van der Waals surface area contributed by atoms with Crippen molar-refractivity contribution in [3.05, 3.63) is 11.6 Å². The van der Waals surface area contributed by atoms with Crippen molar-refractivity contribution in [2.75, 3.05) is 7.11 Å². The van der Waals surface area contributed by atoms with Gasteiger partial charge >= 0.3 is 0 Å². The van der Waals surface area contributed by atoms with Crippen molar-refractivity contribution in [1.82, 2.24) is 0 Å². The fraction of sp³-hybridized carbons (Fsp3) is 0.786. The molecule has 0 aliphatic carbocycles. The molecule has 0 spiro atoms. The SMILES string of the molecule is COC(C)(C)CCCC(C)=CCC(C)C=O. The van der Waals surface area contributed by atoms with Crippen LogP contribution in [0.2, 0.25) is 0 Å². The fourth-order valence-electron chi connectivity index (χ4n) is 1.44. The third-order valence-electron chi connectivity index (χ3n) is 2.97. The van der Waals surface area contributed by atoms with Crippen molar-refractivity contribution >= 4 is 6.29 Å². The van der Waals surface area contributed by atoms with Gasteiger partial charge in [0, 0.05) is 13.0 Å². The van der Waals surface area contributed by atoms with Gasteiger partial charge in [-0.15, -0.1) is 0 Å².